The molecule has 5 heteroatoms. The molecule has 0 saturated carbocycles. The van der Waals surface area contributed by atoms with Gasteiger partial charge in [-0.25, -0.2) is 14.8 Å². The van der Waals surface area contributed by atoms with E-state index in [-0.39, 0.29) is 0 Å². The van der Waals surface area contributed by atoms with Gasteiger partial charge in [-0.1, -0.05) is 0 Å². The molecule has 1 N–H and O–H groups in total. The van der Waals surface area contributed by atoms with Gasteiger partial charge >= 0.3 is 5.97 Å². The number of aliphatic carboxylic acids is 1. The highest BCUT2D eigenvalue weighted by molar-refractivity contribution is 14.1. The van der Waals surface area contributed by atoms with Crippen LogP contribution < -0.4 is 0 Å². The van der Waals surface area contributed by atoms with Gasteiger partial charge in [0.2, 0.25) is 0 Å². The number of carboxylic acid groups (broad SMARTS) is 1. The Morgan fingerprint density at radius 2 is 2.00 bits per heavy atom. The van der Waals surface area contributed by atoms with Crippen LogP contribution in [-0.4, -0.2) is 27.2 Å². The van der Waals surface area contributed by atoms with Crippen molar-refractivity contribution in [2.75, 3.05) is 0 Å². The summed E-state index contributed by atoms with van der Waals surface area (Å²) in [6.45, 7) is 0. The molecule has 0 amide bonds. The van der Waals surface area contributed by atoms with Crippen molar-refractivity contribution in [3.05, 3.63) is 0 Å². The number of nitrogens with zero attached hydrogens (tertiary/aromatic N) is 2. The third-order valence-corrected chi connectivity index (χ3v) is 1.85. The van der Waals surface area contributed by atoms with Crippen molar-refractivity contribution >= 4 is 41.0 Å². The van der Waals surface area contributed by atoms with Crippen molar-refractivity contribution < 1.29 is 9.90 Å². The molecule has 0 saturated heterocycles. The Morgan fingerprint density at radius 3 is 2.22 bits per heavy atom. The lowest BCUT2D eigenvalue weighted by molar-refractivity contribution is -0.138. The lowest BCUT2D eigenvalue weighted by atomic mass is 10.5. The molecule has 0 spiro atoms. The number of aliphatic imine (C=N–C) groups is 2. The fourth-order valence-corrected chi connectivity index (χ4v) is 0.730. The first-order valence-corrected chi connectivity index (χ1v) is 3.24. The van der Waals surface area contributed by atoms with E-state index in [4.69, 9.17) is 5.11 Å². The predicted molar refractivity (Wildman–Crippen MR) is 41.4 cm³/mol. The maximum atomic E-state index is 10.3. The zero-order valence-corrected chi connectivity index (χ0v) is 6.44. The summed E-state index contributed by atoms with van der Waals surface area (Å²) in [5.41, 5.74) is 0. The lowest BCUT2D eigenvalue weighted by Crippen LogP contribution is -2.24. The van der Waals surface area contributed by atoms with E-state index < -0.39 is 9.64 Å². The van der Waals surface area contributed by atoms with E-state index in [0.717, 1.165) is 0 Å². The maximum absolute atomic E-state index is 10.3. The Balaban J connectivity index is 2.88. The second-order valence-electron chi connectivity index (χ2n) is 1.45. The molecule has 9 heavy (non-hydrogen) atoms. The number of halogens is 1. The zero-order chi connectivity index (χ0) is 6.91. The van der Waals surface area contributed by atoms with E-state index in [2.05, 4.69) is 9.98 Å². The Hall–Kier alpha value is -0.460. The van der Waals surface area contributed by atoms with E-state index in [1.165, 1.54) is 12.4 Å². The molecule has 1 aliphatic rings. The Morgan fingerprint density at radius 1 is 1.56 bits per heavy atom. The molecule has 0 aliphatic carbocycles. The minimum Gasteiger partial charge on any atom is -0.477 e. The van der Waals surface area contributed by atoms with Crippen LogP contribution in [0, 0.1) is 0 Å². The Kier molecular flexibility index (Phi) is 1.52. The van der Waals surface area contributed by atoms with Crippen molar-refractivity contribution in [3.63, 3.8) is 0 Å². The predicted octanol–water partition coefficient (Wildman–Crippen LogP) is 0.315. The number of alkyl halides is 1. The summed E-state index contributed by atoms with van der Waals surface area (Å²) in [6.07, 6.45) is 2.75. The topological polar surface area (TPSA) is 62.0 Å². The van der Waals surface area contributed by atoms with E-state index in [1.807, 2.05) is 0 Å². The molecule has 0 unspecified atom stereocenters. The van der Waals surface area contributed by atoms with Gasteiger partial charge in [-0.3, -0.25) is 0 Å². The second-order valence-corrected chi connectivity index (χ2v) is 2.95. The van der Waals surface area contributed by atoms with Crippen LogP contribution in [0.4, 0.5) is 0 Å². The van der Waals surface area contributed by atoms with Crippen LogP contribution in [0.15, 0.2) is 9.98 Å². The Bertz CT molecular complexity index is 187. The van der Waals surface area contributed by atoms with Gasteiger partial charge in [0, 0.05) is 12.4 Å². The van der Waals surface area contributed by atoms with Crippen LogP contribution in [-0.2, 0) is 4.79 Å². The van der Waals surface area contributed by atoms with Crippen molar-refractivity contribution in [2.45, 2.75) is 3.67 Å². The smallest absolute Gasteiger partial charge is 0.365 e. The van der Waals surface area contributed by atoms with Crippen LogP contribution in [0.1, 0.15) is 0 Å². The summed E-state index contributed by atoms with van der Waals surface area (Å²) >= 11 is 1.66. The van der Waals surface area contributed by atoms with Gasteiger partial charge in [0.15, 0.2) is 0 Å². The van der Waals surface area contributed by atoms with Gasteiger partial charge in [-0.2, -0.15) is 0 Å². The third-order valence-electron chi connectivity index (χ3n) is 0.830. The van der Waals surface area contributed by atoms with E-state index in [9.17, 15) is 4.79 Å². The van der Waals surface area contributed by atoms with Crippen molar-refractivity contribution in [2.24, 2.45) is 9.98 Å². The number of hydrogen-bond donors (Lipinski definition) is 1. The monoisotopic (exact) mass is 238 g/mol. The largest absolute Gasteiger partial charge is 0.477 e. The summed E-state index contributed by atoms with van der Waals surface area (Å²) in [5, 5.41) is 8.44. The molecule has 4 nitrogen and oxygen atoms in total. The zero-order valence-electron chi connectivity index (χ0n) is 4.28. The molecule has 0 aromatic rings. The normalized spacial score (nSPS) is 20.6. The van der Waals surface area contributed by atoms with Crippen molar-refractivity contribution in [1.82, 2.24) is 0 Å². The Labute approximate surface area is 64.8 Å². The number of carbonyl (C=O) groups is 1. The molecular formula is C4H3IN2O2. The lowest BCUT2D eigenvalue weighted by Gasteiger charge is -2.06. The summed E-state index contributed by atoms with van der Waals surface area (Å²) in [5.74, 6) is -1.03. The maximum Gasteiger partial charge on any atom is 0.365 e. The molecular weight excluding hydrogens is 235 g/mol. The standard InChI is InChI=1S/C4H3IN2O2/c5-4(3(8)9)6-1-2-7-4/h1-2H,(H,8,9). The minimum absolute atomic E-state index is 1.03. The molecule has 0 aromatic heterocycles. The molecule has 0 aromatic carbocycles. The highest BCUT2D eigenvalue weighted by Gasteiger charge is 2.34. The first kappa shape index (κ1) is 6.66. The molecule has 0 bridgehead atoms. The van der Waals surface area contributed by atoms with Crippen molar-refractivity contribution in [1.29, 1.82) is 0 Å². The van der Waals surface area contributed by atoms with Crippen LogP contribution in [0.25, 0.3) is 0 Å². The second kappa shape index (κ2) is 2.05. The fraction of sp³-hybridized carbons (Fsp3) is 0.250. The summed E-state index contributed by atoms with van der Waals surface area (Å²) in [7, 11) is 0. The van der Waals surface area contributed by atoms with Gasteiger partial charge in [0.05, 0.1) is 0 Å². The molecule has 1 rings (SSSR count). The van der Waals surface area contributed by atoms with Crippen LogP contribution in [0.5, 0.6) is 0 Å². The minimum atomic E-state index is -1.28. The van der Waals surface area contributed by atoms with Gasteiger partial charge in [0.1, 0.15) is 0 Å². The average Bonchev–Trinajstić information content (AvgIpc) is 2.16. The van der Waals surface area contributed by atoms with Crippen LogP contribution in [0.2, 0.25) is 0 Å². The quantitative estimate of drug-likeness (QED) is 0.406. The molecule has 0 atom stereocenters. The van der Waals surface area contributed by atoms with E-state index in [0.29, 0.717) is 0 Å². The SMILES string of the molecule is O=C(O)C1(I)N=CC=N1. The summed E-state index contributed by atoms with van der Waals surface area (Å²) < 4.78 is -1.28. The van der Waals surface area contributed by atoms with Crippen LogP contribution in [0.3, 0.4) is 0 Å². The molecule has 48 valence electrons. The van der Waals surface area contributed by atoms with Gasteiger partial charge < -0.3 is 5.11 Å². The number of carboxylic acids is 1. The van der Waals surface area contributed by atoms with E-state index >= 15 is 0 Å². The van der Waals surface area contributed by atoms with Crippen molar-refractivity contribution in [3.8, 4) is 0 Å². The summed E-state index contributed by atoms with van der Waals surface area (Å²) in [4.78, 5) is 17.5. The first-order chi connectivity index (χ1) is 4.15. The van der Waals surface area contributed by atoms with Gasteiger partial charge in [-0.05, 0) is 22.6 Å². The molecule has 0 radical (unpaired) electrons. The number of hydrogen-bond acceptors (Lipinski definition) is 3. The average molecular weight is 238 g/mol. The fourth-order valence-electron chi connectivity index (χ4n) is 0.408. The molecule has 1 heterocycles. The highest BCUT2D eigenvalue weighted by Crippen LogP contribution is 2.23. The van der Waals surface area contributed by atoms with E-state index in [1.54, 1.807) is 22.6 Å². The third kappa shape index (κ3) is 1.09. The highest BCUT2D eigenvalue weighted by atomic mass is 127. The molecule has 0 fully saturated rings. The van der Waals surface area contributed by atoms with Gasteiger partial charge in [-0.15, -0.1) is 0 Å². The van der Waals surface area contributed by atoms with Gasteiger partial charge in [0.25, 0.3) is 3.67 Å². The summed E-state index contributed by atoms with van der Waals surface area (Å²) in [6, 6.07) is 0. The molecule has 1 aliphatic heterocycles. The first-order valence-electron chi connectivity index (χ1n) is 2.16. The van der Waals surface area contributed by atoms with Crippen LogP contribution >= 0.6 is 22.6 Å². The number of rotatable bonds is 1.